The number of guanidine groups is 1. The third-order valence-electron chi connectivity index (χ3n) is 4.06. The number of unbranched alkanes of at least 4 members (excludes halogenated alkanes) is 4. The molecule has 0 spiro atoms. The number of rotatable bonds is 9. The van der Waals surface area contributed by atoms with Crippen molar-refractivity contribution in [2.45, 2.75) is 44.9 Å². The minimum absolute atomic E-state index is 0.482. The van der Waals surface area contributed by atoms with Crippen molar-refractivity contribution < 1.29 is 4.84 Å². The highest BCUT2D eigenvalue weighted by Gasteiger charge is 2.09. The Hall–Kier alpha value is -2.17. The fraction of sp³-hybridized carbons (Fsp3) is 0.611. The van der Waals surface area contributed by atoms with Crippen LogP contribution < -0.4 is 10.6 Å². The fourth-order valence-electron chi connectivity index (χ4n) is 2.71. The summed E-state index contributed by atoms with van der Waals surface area (Å²) in [5, 5.41) is 17.2. The van der Waals surface area contributed by atoms with Gasteiger partial charge >= 0.3 is 0 Å². The zero-order valence-electron chi connectivity index (χ0n) is 14.8. The zero-order chi connectivity index (χ0) is 17.6. The Balaban J connectivity index is 1.50. The molecule has 2 rings (SSSR count). The molecule has 1 aliphatic heterocycles. The lowest BCUT2D eigenvalue weighted by molar-refractivity contribution is -0.180. The molecule has 0 amide bonds. The van der Waals surface area contributed by atoms with Crippen LogP contribution in [0, 0.1) is 11.5 Å². The first kappa shape index (κ1) is 19.2. The molecule has 2 heterocycles. The molecule has 1 aliphatic rings. The third kappa shape index (κ3) is 8.47. The third-order valence-corrected chi connectivity index (χ3v) is 4.06. The quantitative estimate of drug-likeness (QED) is 0.310. The van der Waals surface area contributed by atoms with Gasteiger partial charge in [-0.3, -0.25) is 9.82 Å². The minimum atomic E-state index is 0.482. The van der Waals surface area contributed by atoms with E-state index in [0.29, 0.717) is 5.96 Å². The molecule has 7 heteroatoms. The molecule has 1 saturated heterocycles. The lowest BCUT2D eigenvalue weighted by Crippen LogP contribution is -2.31. The van der Waals surface area contributed by atoms with E-state index in [2.05, 4.69) is 25.7 Å². The Morgan fingerprint density at radius 1 is 1.20 bits per heavy atom. The molecule has 0 radical (unpaired) electrons. The first-order valence-electron chi connectivity index (χ1n) is 9.14. The number of hydrogen-bond donors (Lipinski definition) is 2. The van der Waals surface area contributed by atoms with Crippen molar-refractivity contribution in [1.82, 2.24) is 15.4 Å². The Morgan fingerprint density at radius 2 is 2.00 bits per heavy atom. The number of nitrogens with zero attached hydrogens (tertiary/aromatic N) is 4. The monoisotopic (exact) mass is 344 g/mol. The van der Waals surface area contributed by atoms with Gasteiger partial charge in [-0.15, -0.1) is 4.99 Å². The number of anilines is 1. The van der Waals surface area contributed by atoms with E-state index in [-0.39, 0.29) is 0 Å². The summed E-state index contributed by atoms with van der Waals surface area (Å²) in [4.78, 5) is 13.3. The summed E-state index contributed by atoms with van der Waals surface area (Å²) < 4.78 is 0. The Labute approximate surface area is 150 Å². The zero-order valence-corrected chi connectivity index (χ0v) is 14.8. The molecular weight excluding hydrogens is 316 g/mol. The molecule has 0 aromatic carbocycles. The van der Waals surface area contributed by atoms with Crippen LogP contribution in [-0.2, 0) is 4.84 Å². The number of nitriles is 1. The molecule has 0 saturated carbocycles. The van der Waals surface area contributed by atoms with Gasteiger partial charge in [-0.25, -0.2) is 0 Å². The van der Waals surface area contributed by atoms with Gasteiger partial charge in [0.25, 0.3) is 0 Å². The van der Waals surface area contributed by atoms with Crippen molar-refractivity contribution in [3.05, 3.63) is 24.5 Å². The second-order valence-electron chi connectivity index (χ2n) is 6.09. The van der Waals surface area contributed by atoms with E-state index >= 15 is 0 Å². The fourth-order valence-corrected chi connectivity index (χ4v) is 2.71. The van der Waals surface area contributed by atoms with E-state index in [4.69, 9.17) is 10.1 Å². The molecule has 1 aromatic rings. The van der Waals surface area contributed by atoms with Gasteiger partial charge in [0.05, 0.1) is 6.61 Å². The molecule has 1 aromatic heterocycles. The second kappa shape index (κ2) is 12.2. The lowest BCUT2D eigenvalue weighted by atomic mass is 10.1. The summed E-state index contributed by atoms with van der Waals surface area (Å²) in [5.41, 5.74) is 0.858. The largest absolute Gasteiger partial charge is 0.355 e. The molecule has 0 atom stereocenters. The van der Waals surface area contributed by atoms with Gasteiger partial charge in [0.15, 0.2) is 0 Å². The van der Waals surface area contributed by atoms with Crippen molar-refractivity contribution in [1.29, 1.82) is 5.26 Å². The highest BCUT2D eigenvalue weighted by atomic mass is 16.7. The van der Waals surface area contributed by atoms with Gasteiger partial charge in [-0.1, -0.05) is 19.3 Å². The predicted octanol–water partition coefficient (Wildman–Crippen LogP) is 2.90. The van der Waals surface area contributed by atoms with Gasteiger partial charge in [0.1, 0.15) is 0 Å². The van der Waals surface area contributed by atoms with E-state index in [1.54, 1.807) is 12.4 Å². The highest BCUT2D eigenvalue weighted by Crippen LogP contribution is 2.09. The maximum absolute atomic E-state index is 8.78. The van der Waals surface area contributed by atoms with Gasteiger partial charge in [0, 0.05) is 37.7 Å². The maximum atomic E-state index is 8.78. The Kier molecular flexibility index (Phi) is 9.37. The number of aromatic nitrogens is 1. The second-order valence-corrected chi connectivity index (χ2v) is 6.09. The average molecular weight is 344 g/mol. The lowest BCUT2D eigenvalue weighted by Gasteiger charge is -2.25. The van der Waals surface area contributed by atoms with Crippen molar-refractivity contribution in [3.8, 4) is 6.19 Å². The van der Waals surface area contributed by atoms with E-state index in [1.165, 1.54) is 38.5 Å². The van der Waals surface area contributed by atoms with Gasteiger partial charge < -0.3 is 10.6 Å². The SMILES string of the molecule is N#C/N=C(\NCCCCCCCN1CCCCO1)Nc1ccncc1. The van der Waals surface area contributed by atoms with Crippen LogP contribution in [0.1, 0.15) is 44.9 Å². The maximum Gasteiger partial charge on any atom is 0.211 e. The number of pyridine rings is 1. The predicted molar refractivity (Wildman–Crippen MR) is 98.8 cm³/mol. The van der Waals surface area contributed by atoms with Gasteiger partial charge in [-0.2, -0.15) is 10.3 Å². The van der Waals surface area contributed by atoms with Gasteiger partial charge in [0.2, 0.25) is 12.2 Å². The molecule has 0 unspecified atom stereocenters. The van der Waals surface area contributed by atoms with Crippen LogP contribution in [0.4, 0.5) is 5.69 Å². The summed E-state index contributed by atoms with van der Waals surface area (Å²) in [7, 11) is 0. The molecule has 0 aliphatic carbocycles. The van der Waals surface area contributed by atoms with Crippen molar-refractivity contribution >= 4 is 11.6 Å². The molecule has 7 nitrogen and oxygen atoms in total. The smallest absolute Gasteiger partial charge is 0.211 e. The highest BCUT2D eigenvalue weighted by molar-refractivity contribution is 5.94. The topological polar surface area (TPSA) is 85.6 Å². The Bertz CT molecular complexity index is 536. The van der Waals surface area contributed by atoms with Crippen LogP contribution in [0.15, 0.2) is 29.5 Å². The summed E-state index contributed by atoms with van der Waals surface area (Å²) in [6.45, 7) is 3.81. The molecule has 136 valence electrons. The molecular formula is C18H28N6O. The van der Waals surface area contributed by atoms with Crippen LogP contribution in [0.25, 0.3) is 0 Å². The van der Waals surface area contributed by atoms with Crippen LogP contribution in [0.2, 0.25) is 0 Å². The molecule has 2 N–H and O–H groups in total. The summed E-state index contributed by atoms with van der Waals surface area (Å²) in [5.74, 6) is 0.482. The van der Waals surface area contributed by atoms with Crippen LogP contribution >= 0.6 is 0 Å². The first-order valence-corrected chi connectivity index (χ1v) is 9.14. The van der Waals surface area contributed by atoms with Crippen molar-refractivity contribution in [2.75, 3.05) is 31.6 Å². The van der Waals surface area contributed by atoms with Crippen molar-refractivity contribution in [3.63, 3.8) is 0 Å². The number of hydrogen-bond acceptors (Lipinski definition) is 5. The summed E-state index contributed by atoms with van der Waals surface area (Å²) in [6, 6.07) is 3.67. The van der Waals surface area contributed by atoms with Crippen LogP contribution in [0.5, 0.6) is 0 Å². The summed E-state index contributed by atoms with van der Waals surface area (Å²) in [6.07, 6.45) is 13.5. The Morgan fingerprint density at radius 3 is 2.76 bits per heavy atom. The van der Waals surface area contributed by atoms with Crippen LogP contribution in [0.3, 0.4) is 0 Å². The molecule has 1 fully saturated rings. The van der Waals surface area contributed by atoms with Gasteiger partial charge in [-0.05, 0) is 37.8 Å². The average Bonchev–Trinajstić information content (AvgIpc) is 2.65. The minimum Gasteiger partial charge on any atom is -0.355 e. The molecule has 0 bridgehead atoms. The first-order chi connectivity index (χ1) is 12.4. The van der Waals surface area contributed by atoms with E-state index in [9.17, 15) is 0 Å². The number of aliphatic imine (C=N–C) groups is 1. The van der Waals surface area contributed by atoms with Crippen LogP contribution in [-0.4, -0.2) is 42.2 Å². The van der Waals surface area contributed by atoms with Crippen molar-refractivity contribution in [2.24, 2.45) is 4.99 Å². The molecule has 25 heavy (non-hydrogen) atoms. The normalized spacial score (nSPS) is 15.6. The summed E-state index contributed by atoms with van der Waals surface area (Å²) >= 11 is 0. The van der Waals surface area contributed by atoms with E-state index in [0.717, 1.165) is 38.3 Å². The number of nitrogens with one attached hydrogen (secondary N) is 2. The standard InChI is InChI=1S/C18H28N6O/c19-16-22-18(23-17-8-11-20-12-9-17)21-10-4-2-1-3-5-13-24-14-6-7-15-25-24/h8-9,11-12H,1-7,10,13-15H2,(H2,20,21,22,23). The number of hydroxylamine groups is 2. The van der Waals surface area contributed by atoms with E-state index < -0.39 is 0 Å². The van der Waals surface area contributed by atoms with E-state index in [1.807, 2.05) is 18.3 Å².